The number of ether oxygens (including phenoxy) is 1. The molecule has 2 unspecified atom stereocenters. The van der Waals surface area contributed by atoms with Gasteiger partial charge in [-0.15, -0.1) is 0 Å². The number of benzene rings is 1. The molecule has 100 valence electrons. The Morgan fingerprint density at radius 1 is 1.61 bits per heavy atom. The highest BCUT2D eigenvalue weighted by Gasteiger charge is 2.24. The molecule has 3 N–H and O–H groups in total. The minimum Gasteiger partial charge on any atom is -0.394 e. The van der Waals surface area contributed by atoms with Gasteiger partial charge in [0.2, 0.25) is 0 Å². The van der Waals surface area contributed by atoms with Crippen LogP contribution in [0.25, 0.3) is 0 Å². The van der Waals surface area contributed by atoms with Gasteiger partial charge in [0, 0.05) is 17.1 Å². The summed E-state index contributed by atoms with van der Waals surface area (Å²) < 4.78 is 6.40. The summed E-state index contributed by atoms with van der Waals surface area (Å²) in [6.07, 6.45) is 0. The Hall–Kier alpha value is -0.620. The molecule has 2 atom stereocenters. The Labute approximate surface area is 116 Å². The van der Waals surface area contributed by atoms with Gasteiger partial charge >= 0.3 is 0 Å². The summed E-state index contributed by atoms with van der Waals surface area (Å²) in [5.41, 5.74) is 8.05. The first-order valence-corrected chi connectivity index (χ1v) is 6.93. The van der Waals surface area contributed by atoms with E-state index in [0.29, 0.717) is 13.2 Å². The quantitative estimate of drug-likeness (QED) is 0.891. The van der Waals surface area contributed by atoms with Crippen molar-refractivity contribution in [2.24, 2.45) is 5.73 Å². The van der Waals surface area contributed by atoms with Crippen molar-refractivity contribution in [3.63, 3.8) is 0 Å². The topological polar surface area (TPSA) is 58.7 Å². The van der Waals surface area contributed by atoms with E-state index >= 15 is 0 Å². The molecule has 18 heavy (non-hydrogen) atoms. The van der Waals surface area contributed by atoms with E-state index in [1.54, 1.807) is 0 Å². The van der Waals surface area contributed by atoms with E-state index in [9.17, 15) is 5.11 Å². The number of hydrogen-bond acceptors (Lipinski definition) is 4. The monoisotopic (exact) mass is 314 g/mol. The van der Waals surface area contributed by atoms with Gasteiger partial charge in [-0.1, -0.05) is 6.07 Å². The number of hydrogen-bond donors (Lipinski definition) is 2. The maximum Gasteiger partial charge on any atom is 0.0755 e. The lowest BCUT2D eigenvalue weighted by Crippen LogP contribution is -2.47. The number of halogens is 1. The average molecular weight is 315 g/mol. The molecule has 0 aliphatic carbocycles. The fourth-order valence-electron chi connectivity index (χ4n) is 2.16. The third kappa shape index (κ3) is 2.85. The van der Waals surface area contributed by atoms with Gasteiger partial charge in [-0.3, -0.25) is 0 Å². The van der Waals surface area contributed by atoms with E-state index in [1.165, 1.54) is 0 Å². The van der Waals surface area contributed by atoms with E-state index in [4.69, 9.17) is 10.5 Å². The predicted molar refractivity (Wildman–Crippen MR) is 75.8 cm³/mol. The molecule has 2 rings (SSSR count). The first kappa shape index (κ1) is 13.8. The van der Waals surface area contributed by atoms with Crippen molar-refractivity contribution in [2.75, 3.05) is 31.3 Å². The Kier molecular flexibility index (Phi) is 4.61. The molecule has 1 aromatic rings. The van der Waals surface area contributed by atoms with Crippen LogP contribution in [-0.2, 0) is 4.74 Å². The van der Waals surface area contributed by atoms with Crippen LogP contribution in [0.4, 0.5) is 5.69 Å². The fourth-order valence-corrected chi connectivity index (χ4v) is 2.79. The standard InChI is InChI=1S/C13H19BrN2O2/c1-9(15)10-2-3-13(12(14)6-10)16-4-5-18-8-11(16)7-17/h2-3,6,9,11,17H,4-5,7-8,15H2,1H3. The van der Waals surface area contributed by atoms with E-state index in [1.807, 2.05) is 19.1 Å². The summed E-state index contributed by atoms with van der Waals surface area (Å²) in [5, 5.41) is 9.40. The molecular formula is C13H19BrN2O2. The molecule has 1 fully saturated rings. The van der Waals surface area contributed by atoms with Gasteiger partial charge in [0.1, 0.15) is 0 Å². The molecule has 0 amide bonds. The summed E-state index contributed by atoms with van der Waals surface area (Å²) in [5.74, 6) is 0. The zero-order valence-electron chi connectivity index (χ0n) is 10.5. The van der Waals surface area contributed by atoms with Gasteiger partial charge < -0.3 is 20.5 Å². The van der Waals surface area contributed by atoms with Gasteiger partial charge in [0.15, 0.2) is 0 Å². The van der Waals surface area contributed by atoms with Crippen LogP contribution in [0.3, 0.4) is 0 Å². The van der Waals surface area contributed by atoms with Gasteiger partial charge in [-0.2, -0.15) is 0 Å². The molecule has 1 aromatic carbocycles. The Bertz CT molecular complexity index is 412. The SMILES string of the molecule is CC(N)c1ccc(N2CCOCC2CO)c(Br)c1. The van der Waals surface area contributed by atoms with Crippen LogP contribution < -0.4 is 10.6 Å². The van der Waals surface area contributed by atoms with Crippen molar-refractivity contribution in [3.8, 4) is 0 Å². The Balaban J connectivity index is 2.26. The Morgan fingerprint density at radius 2 is 2.39 bits per heavy atom. The van der Waals surface area contributed by atoms with E-state index < -0.39 is 0 Å². The normalized spacial score (nSPS) is 22.0. The van der Waals surface area contributed by atoms with Crippen molar-refractivity contribution in [1.29, 1.82) is 0 Å². The highest BCUT2D eigenvalue weighted by molar-refractivity contribution is 9.10. The molecule has 0 aromatic heterocycles. The van der Waals surface area contributed by atoms with E-state index in [0.717, 1.165) is 22.3 Å². The zero-order chi connectivity index (χ0) is 13.1. The molecule has 0 spiro atoms. The van der Waals surface area contributed by atoms with Crippen molar-refractivity contribution in [1.82, 2.24) is 0 Å². The predicted octanol–water partition coefficient (Wildman–Crippen LogP) is 1.67. The number of nitrogens with two attached hydrogens (primary N) is 1. The van der Waals surface area contributed by atoms with Gasteiger partial charge in [0.25, 0.3) is 0 Å². The second-order valence-electron chi connectivity index (χ2n) is 4.60. The van der Waals surface area contributed by atoms with Crippen molar-refractivity contribution < 1.29 is 9.84 Å². The number of rotatable bonds is 3. The lowest BCUT2D eigenvalue weighted by Gasteiger charge is -2.37. The first-order valence-electron chi connectivity index (χ1n) is 6.13. The summed E-state index contributed by atoms with van der Waals surface area (Å²) in [4.78, 5) is 2.18. The number of aliphatic hydroxyl groups excluding tert-OH is 1. The van der Waals surface area contributed by atoms with Crippen LogP contribution in [-0.4, -0.2) is 37.5 Å². The summed E-state index contributed by atoms with van der Waals surface area (Å²) in [6, 6.07) is 6.18. The average Bonchev–Trinajstić information content (AvgIpc) is 2.38. The van der Waals surface area contributed by atoms with Gasteiger partial charge in [-0.05, 0) is 40.5 Å². The number of morpholine rings is 1. The van der Waals surface area contributed by atoms with Crippen molar-refractivity contribution >= 4 is 21.6 Å². The molecule has 1 heterocycles. The van der Waals surface area contributed by atoms with Crippen LogP contribution in [0, 0.1) is 0 Å². The first-order chi connectivity index (χ1) is 8.63. The molecule has 4 nitrogen and oxygen atoms in total. The Morgan fingerprint density at radius 3 is 3.00 bits per heavy atom. The lowest BCUT2D eigenvalue weighted by atomic mass is 10.1. The number of aliphatic hydroxyl groups is 1. The summed E-state index contributed by atoms with van der Waals surface area (Å²) in [6.45, 7) is 4.12. The van der Waals surface area contributed by atoms with Crippen LogP contribution in [0.15, 0.2) is 22.7 Å². The van der Waals surface area contributed by atoms with E-state index in [-0.39, 0.29) is 18.7 Å². The van der Waals surface area contributed by atoms with E-state index in [2.05, 4.69) is 26.9 Å². The second-order valence-corrected chi connectivity index (χ2v) is 5.46. The van der Waals surface area contributed by atoms with Crippen molar-refractivity contribution in [3.05, 3.63) is 28.2 Å². The number of nitrogens with zero attached hydrogens (tertiary/aromatic N) is 1. The molecule has 5 heteroatoms. The molecule has 0 bridgehead atoms. The molecule has 1 aliphatic rings. The summed E-state index contributed by atoms with van der Waals surface area (Å²) >= 11 is 3.59. The third-order valence-corrected chi connectivity index (χ3v) is 3.88. The van der Waals surface area contributed by atoms with Gasteiger partial charge in [0.05, 0.1) is 31.5 Å². The van der Waals surface area contributed by atoms with Crippen LogP contribution >= 0.6 is 15.9 Å². The smallest absolute Gasteiger partial charge is 0.0755 e. The molecular weight excluding hydrogens is 296 g/mol. The molecule has 1 saturated heterocycles. The minimum atomic E-state index is 0.0219. The van der Waals surface area contributed by atoms with Crippen LogP contribution in [0.1, 0.15) is 18.5 Å². The minimum absolute atomic E-state index is 0.0219. The second kappa shape index (κ2) is 6.02. The van der Waals surface area contributed by atoms with Crippen LogP contribution in [0.2, 0.25) is 0 Å². The molecule has 0 saturated carbocycles. The third-order valence-electron chi connectivity index (χ3n) is 3.25. The zero-order valence-corrected chi connectivity index (χ0v) is 12.1. The van der Waals surface area contributed by atoms with Crippen molar-refractivity contribution in [2.45, 2.75) is 19.0 Å². The van der Waals surface area contributed by atoms with Gasteiger partial charge in [-0.25, -0.2) is 0 Å². The summed E-state index contributed by atoms with van der Waals surface area (Å²) in [7, 11) is 0. The van der Waals surface area contributed by atoms with Crippen LogP contribution in [0.5, 0.6) is 0 Å². The highest BCUT2D eigenvalue weighted by atomic mass is 79.9. The largest absolute Gasteiger partial charge is 0.394 e. The molecule has 0 radical (unpaired) electrons. The maximum atomic E-state index is 9.40. The lowest BCUT2D eigenvalue weighted by molar-refractivity contribution is 0.0726. The fraction of sp³-hybridized carbons (Fsp3) is 0.538. The maximum absolute atomic E-state index is 9.40. The number of anilines is 1. The molecule has 1 aliphatic heterocycles. The highest BCUT2D eigenvalue weighted by Crippen LogP contribution is 2.31.